The van der Waals surface area contributed by atoms with Gasteiger partial charge in [0, 0.05) is 30.1 Å². The molecule has 2 aliphatic rings. The van der Waals surface area contributed by atoms with Crippen molar-refractivity contribution in [2.45, 2.75) is 45.3 Å². The average Bonchev–Trinajstić information content (AvgIpc) is 2.94. The molecule has 0 aromatic heterocycles. The molecule has 3 rings (SSSR count). The standard InChI is InChI=1S/C19H21N3O6/c1-10(2)21(9-16(24)25)18(27)11-3-4-13-12(7-11)8-22(19(13)28)14-5-6-15(23)20-17(14)26/h3-4,7,10,14H,5-6,8-9H2,1-2H3,(H,24,25)(H,20,23,26). The Morgan fingerprint density at radius 1 is 1.29 bits per heavy atom. The van der Waals surface area contributed by atoms with Gasteiger partial charge in [0.2, 0.25) is 11.8 Å². The summed E-state index contributed by atoms with van der Waals surface area (Å²) >= 11 is 0. The quantitative estimate of drug-likeness (QED) is 0.704. The van der Waals surface area contributed by atoms with E-state index in [2.05, 4.69) is 5.32 Å². The zero-order chi connectivity index (χ0) is 20.6. The molecule has 0 spiro atoms. The first-order valence-corrected chi connectivity index (χ1v) is 8.99. The molecule has 1 aromatic carbocycles. The van der Waals surface area contributed by atoms with Gasteiger partial charge in [-0.15, -0.1) is 0 Å². The second kappa shape index (κ2) is 7.41. The van der Waals surface area contributed by atoms with Crippen LogP contribution in [0.2, 0.25) is 0 Å². The number of carboxylic acids is 1. The minimum atomic E-state index is -1.11. The molecule has 2 N–H and O–H groups in total. The summed E-state index contributed by atoms with van der Waals surface area (Å²) in [6, 6.07) is 3.55. The number of hydrogen-bond acceptors (Lipinski definition) is 5. The van der Waals surface area contributed by atoms with Crippen molar-refractivity contribution in [3.05, 3.63) is 34.9 Å². The molecule has 0 aliphatic carbocycles. The first kappa shape index (κ1) is 19.5. The predicted octanol–water partition coefficient (Wildman–Crippen LogP) is 0.383. The van der Waals surface area contributed by atoms with Crippen LogP contribution in [0.5, 0.6) is 0 Å². The third-order valence-electron chi connectivity index (χ3n) is 4.96. The molecular formula is C19H21N3O6. The monoisotopic (exact) mass is 387 g/mol. The molecule has 9 nitrogen and oxygen atoms in total. The smallest absolute Gasteiger partial charge is 0.323 e. The molecule has 4 amide bonds. The summed E-state index contributed by atoms with van der Waals surface area (Å²) in [6.45, 7) is 3.18. The van der Waals surface area contributed by atoms with Crippen molar-refractivity contribution in [1.29, 1.82) is 0 Å². The van der Waals surface area contributed by atoms with Crippen molar-refractivity contribution >= 4 is 29.6 Å². The van der Waals surface area contributed by atoms with Crippen LogP contribution in [0.15, 0.2) is 18.2 Å². The molecule has 1 fully saturated rings. The van der Waals surface area contributed by atoms with Gasteiger partial charge in [0.05, 0.1) is 0 Å². The Morgan fingerprint density at radius 3 is 2.61 bits per heavy atom. The van der Waals surface area contributed by atoms with Crippen LogP contribution in [0.25, 0.3) is 0 Å². The average molecular weight is 387 g/mol. The van der Waals surface area contributed by atoms with Gasteiger partial charge >= 0.3 is 5.97 Å². The van der Waals surface area contributed by atoms with Gasteiger partial charge in [0.1, 0.15) is 12.6 Å². The van der Waals surface area contributed by atoms with Gasteiger partial charge in [-0.1, -0.05) is 0 Å². The van der Waals surface area contributed by atoms with Crippen LogP contribution in [0.4, 0.5) is 0 Å². The second-order valence-corrected chi connectivity index (χ2v) is 7.19. The zero-order valence-corrected chi connectivity index (χ0v) is 15.6. The molecule has 1 unspecified atom stereocenters. The summed E-state index contributed by atoms with van der Waals surface area (Å²) in [5, 5.41) is 11.3. The van der Waals surface area contributed by atoms with E-state index in [4.69, 9.17) is 5.11 Å². The number of carbonyl (C=O) groups is 5. The SMILES string of the molecule is CC(C)N(CC(=O)O)C(=O)c1ccc2c(c1)CN(C1CCC(=O)NC1=O)C2=O. The van der Waals surface area contributed by atoms with E-state index in [0.29, 0.717) is 11.1 Å². The van der Waals surface area contributed by atoms with E-state index in [1.165, 1.54) is 21.9 Å². The summed E-state index contributed by atoms with van der Waals surface area (Å²) in [7, 11) is 0. The third-order valence-corrected chi connectivity index (χ3v) is 4.96. The maximum atomic E-state index is 12.7. The maximum Gasteiger partial charge on any atom is 0.323 e. The number of piperidine rings is 1. The molecule has 2 aliphatic heterocycles. The Balaban J connectivity index is 1.83. The zero-order valence-electron chi connectivity index (χ0n) is 15.6. The predicted molar refractivity (Wildman–Crippen MR) is 96.3 cm³/mol. The highest BCUT2D eigenvalue weighted by Gasteiger charge is 2.39. The maximum absolute atomic E-state index is 12.7. The van der Waals surface area contributed by atoms with Crippen LogP contribution in [0, 0.1) is 0 Å². The number of rotatable bonds is 5. The first-order chi connectivity index (χ1) is 13.2. The van der Waals surface area contributed by atoms with Crippen molar-refractivity contribution < 1.29 is 29.1 Å². The van der Waals surface area contributed by atoms with Crippen LogP contribution in [0.3, 0.4) is 0 Å². The molecule has 1 aromatic rings. The van der Waals surface area contributed by atoms with E-state index in [1.807, 2.05) is 0 Å². The normalized spacial score (nSPS) is 18.9. The second-order valence-electron chi connectivity index (χ2n) is 7.19. The number of aliphatic carboxylic acids is 1. The van der Waals surface area contributed by atoms with E-state index >= 15 is 0 Å². The first-order valence-electron chi connectivity index (χ1n) is 8.99. The highest BCUT2D eigenvalue weighted by atomic mass is 16.4. The van der Waals surface area contributed by atoms with E-state index in [-0.39, 0.29) is 42.8 Å². The topological polar surface area (TPSA) is 124 Å². The van der Waals surface area contributed by atoms with E-state index in [1.54, 1.807) is 19.9 Å². The summed E-state index contributed by atoms with van der Waals surface area (Å²) in [5.41, 5.74) is 1.28. The van der Waals surface area contributed by atoms with Gasteiger partial charge in [-0.2, -0.15) is 0 Å². The fourth-order valence-electron chi connectivity index (χ4n) is 3.51. The number of benzene rings is 1. The molecule has 1 atom stereocenters. The summed E-state index contributed by atoms with van der Waals surface area (Å²) in [6.07, 6.45) is 0.425. The van der Waals surface area contributed by atoms with Crippen LogP contribution >= 0.6 is 0 Å². The molecule has 0 saturated carbocycles. The van der Waals surface area contributed by atoms with Crippen LogP contribution in [0.1, 0.15) is 53.0 Å². The van der Waals surface area contributed by atoms with Crippen molar-refractivity contribution in [1.82, 2.24) is 15.1 Å². The van der Waals surface area contributed by atoms with Crippen molar-refractivity contribution in [3.8, 4) is 0 Å². The molecule has 0 radical (unpaired) electrons. The molecule has 0 bridgehead atoms. The van der Waals surface area contributed by atoms with Gasteiger partial charge in [-0.05, 0) is 44.0 Å². The number of carboxylic acid groups (broad SMARTS) is 1. The Bertz CT molecular complexity index is 878. The number of nitrogens with zero attached hydrogens (tertiary/aromatic N) is 2. The fraction of sp³-hybridized carbons (Fsp3) is 0.421. The van der Waals surface area contributed by atoms with Crippen molar-refractivity contribution in [3.63, 3.8) is 0 Å². The molecule has 28 heavy (non-hydrogen) atoms. The van der Waals surface area contributed by atoms with Gasteiger partial charge in [-0.3, -0.25) is 29.3 Å². The fourth-order valence-corrected chi connectivity index (χ4v) is 3.51. The molecular weight excluding hydrogens is 366 g/mol. The lowest BCUT2D eigenvalue weighted by Crippen LogP contribution is -2.52. The lowest BCUT2D eigenvalue weighted by atomic mass is 10.0. The molecule has 148 valence electrons. The van der Waals surface area contributed by atoms with E-state index in [0.717, 1.165) is 0 Å². The molecule has 1 saturated heterocycles. The Morgan fingerprint density at radius 2 is 2.00 bits per heavy atom. The minimum absolute atomic E-state index is 0.155. The largest absolute Gasteiger partial charge is 0.480 e. The summed E-state index contributed by atoms with van der Waals surface area (Å²) in [5.74, 6) is -2.73. The van der Waals surface area contributed by atoms with E-state index in [9.17, 15) is 24.0 Å². The van der Waals surface area contributed by atoms with Gasteiger partial charge in [0.15, 0.2) is 0 Å². The van der Waals surface area contributed by atoms with Crippen LogP contribution in [-0.2, 0) is 20.9 Å². The summed E-state index contributed by atoms with van der Waals surface area (Å²) in [4.78, 5) is 62.5. The van der Waals surface area contributed by atoms with Crippen molar-refractivity contribution in [2.75, 3.05) is 6.54 Å². The number of imide groups is 1. The minimum Gasteiger partial charge on any atom is -0.480 e. The highest BCUT2D eigenvalue weighted by Crippen LogP contribution is 2.28. The lowest BCUT2D eigenvalue weighted by molar-refractivity contribution is -0.138. The van der Waals surface area contributed by atoms with Gasteiger partial charge < -0.3 is 14.9 Å². The van der Waals surface area contributed by atoms with Gasteiger partial charge in [0.25, 0.3) is 11.8 Å². The molecule has 2 heterocycles. The van der Waals surface area contributed by atoms with Gasteiger partial charge in [-0.25, -0.2) is 0 Å². The lowest BCUT2D eigenvalue weighted by Gasteiger charge is -2.29. The van der Waals surface area contributed by atoms with Crippen molar-refractivity contribution in [2.24, 2.45) is 0 Å². The van der Waals surface area contributed by atoms with Crippen LogP contribution in [-0.4, -0.2) is 63.1 Å². The number of amides is 4. The van der Waals surface area contributed by atoms with Crippen LogP contribution < -0.4 is 5.32 Å². The number of fused-ring (bicyclic) bond motifs is 1. The highest BCUT2D eigenvalue weighted by molar-refractivity contribution is 6.06. The summed E-state index contributed by atoms with van der Waals surface area (Å²) < 4.78 is 0. The number of hydrogen-bond donors (Lipinski definition) is 2. The number of nitrogens with one attached hydrogen (secondary N) is 1. The molecule has 9 heteroatoms. The van der Waals surface area contributed by atoms with E-state index < -0.39 is 30.4 Å². The Kier molecular flexibility index (Phi) is 5.17. The Labute approximate surface area is 161 Å². The third kappa shape index (κ3) is 3.60. The Hall–Kier alpha value is -3.23. The number of carbonyl (C=O) groups excluding carboxylic acids is 4.